The standard InChI is InChI=1S/C13H9.C11H22.C5H5.Zr/c1-3-7-12-10(5-1)9-11-6-2-4-8-13(11)12;1-3-5-7-9-11-10-8-6-4-2;1-2-4-5-3-1;/h1-9H;3-10H2,1-2H3;1-3H,4H2;. The average Bonchev–Trinajstić information content (AvgIpc) is 3.42. The van der Waals surface area contributed by atoms with Crippen LogP contribution in [0, 0.1) is 0 Å². The van der Waals surface area contributed by atoms with Crippen LogP contribution >= 0.6 is 0 Å². The van der Waals surface area contributed by atoms with Gasteiger partial charge in [-0.15, -0.1) is 0 Å². The van der Waals surface area contributed by atoms with E-state index in [0.717, 1.165) is 0 Å². The second kappa shape index (κ2) is 10.8. The molecule has 0 saturated heterocycles. The van der Waals surface area contributed by atoms with Gasteiger partial charge in [0, 0.05) is 0 Å². The molecule has 156 valence electrons. The van der Waals surface area contributed by atoms with E-state index in [-0.39, 0.29) is 0 Å². The topological polar surface area (TPSA) is 0 Å². The summed E-state index contributed by atoms with van der Waals surface area (Å²) >= 11 is -2.06. The molecule has 0 amide bonds. The summed E-state index contributed by atoms with van der Waals surface area (Å²) < 4.78 is 4.51. The molecule has 2 aromatic rings. The predicted octanol–water partition coefficient (Wildman–Crippen LogP) is 8.55. The zero-order valence-electron chi connectivity index (χ0n) is 18.8. The van der Waals surface area contributed by atoms with Gasteiger partial charge < -0.3 is 0 Å². The third kappa shape index (κ3) is 4.62. The van der Waals surface area contributed by atoms with Gasteiger partial charge in [-0.25, -0.2) is 0 Å². The van der Waals surface area contributed by atoms with E-state index in [0.29, 0.717) is 3.63 Å². The SMILES string of the molecule is CCCCC[C](CCCCC)=[Zr]([C]1=CC=CC1)[CH]1c2ccccc2-c2ccccc21. The van der Waals surface area contributed by atoms with E-state index in [1.54, 1.807) is 11.1 Å². The first-order valence-electron chi connectivity index (χ1n) is 12.1. The Morgan fingerprint density at radius 2 is 1.37 bits per heavy atom. The molecule has 0 atom stereocenters. The van der Waals surface area contributed by atoms with Crippen molar-refractivity contribution in [2.75, 3.05) is 0 Å². The quantitative estimate of drug-likeness (QED) is 0.302. The molecule has 1 heteroatoms. The summed E-state index contributed by atoms with van der Waals surface area (Å²) in [6.07, 6.45) is 19.4. The molecule has 0 spiro atoms. The molecule has 4 rings (SSSR count). The molecule has 0 heterocycles. The van der Waals surface area contributed by atoms with Crippen LogP contribution in [0.3, 0.4) is 0 Å². The number of unbranched alkanes of at least 4 members (excludes halogenated alkanes) is 4. The molecule has 0 N–H and O–H groups in total. The third-order valence-corrected chi connectivity index (χ3v) is 15.4. The third-order valence-electron chi connectivity index (χ3n) is 6.78. The second-order valence-electron chi connectivity index (χ2n) is 8.86. The molecule has 30 heavy (non-hydrogen) atoms. The van der Waals surface area contributed by atoms with E-state index in [4.69, 9.17) is 0 Å². The molecule has 2 aliphatic rings. The van der Waals surface area contributed by atoms with Gasteiger partial charge in [0.05, 0.1) is 0 Å². The molecule has 0 unspecified atom stereocenters. The maximum atomic E-state index is 2.51. The van der Waals surface area contributed by atoms with Crippen LogP contribution in [-0.2, 0) is 21.3 Å². The summed E-state index contributed by atoms with van der Waals surface area (Å²) in [5.74, 6) is 0. The molecule has 2 aromatic carbocycles. The Kier molecular flexibility index (Phi) is 7.89. The van der Waals surface area contributed by atoms with Gasteiger partial charge in [0.25, 0.3) is 0 Å². The Labute approximate surface area is 191 Å². The van der Waals surface area contributed by atoms with Crippen molar-refractivity contribution in [1.29, 1.82) is 0 Å². The number of hydrogen-bond acceptors (Lipinski definition) is 0. The van der Waals surface area contributed by atoms with Gasteiger partial charge in [-0.1, -0.05) is 0 Å². The van der Waals surface area contributed by atoms with Crippen molar-refractivity contribution >= 4 is 3.21 Å². The first-order chi connectivity index (χ1) is 14.8. The van der Waals surface area contributed by atoms with Crippen LogP contribution < -0.4 is 0 Å². The summed E-state index contributed by atoms with van der Waals surface area (Å²) in [7, 11) is 0. The zero-order valence-corrected chi connectivity index (χ0v) is 21.3. The van der Waals surface area contributed by atoms with Gasteiger partial charge in [0.2, 0.25) is 0 Å². The molecule has 0 saturated carbocycles. The van der Waals surface area contributed by atoms with Crippen LogP contribution in [0.2, 0.25) is 0 Å². The van der Waals surface area contributed by atoms with Crippen LogP contribution in [0.1, 0.15) is 86.4 Å². The Morgan fingerprint density at radius 3 is 1.87 bits per heavy atom. The van der Waals surface area contributed by atoms with E-state index in [9.17, 15) is 0 Å². The van der Waals surface area contributed by atoms with E-state index < -0.39 is 21.3 Å². The number of fused-ring (bicyclic) bond motifs is 3. The summed E-state index contributed by atoms with van der Waals surface area (Å²) in [5, 5.41) is 0. The molecule has 0 aliphatic heterocycles. The zero-order chi connectivity index (χ0) is 20.8. The van der Waals surface area contributed by atoms with Gasteiger partial charge in [-0.05, 0) is 0 Å². The summed E-state index contributed by atoms with van der Waals surface area (Å²) in [4.78, 5) is 0. The van der Waals surface area contributed by atoms with E-state index >= 15 is 0 Å². The van der Waals surface area contributed by atoms with Crippen molar-refractivity contribution in [2.45, 2.75) is 75.3 Å². The van der Waals surface area contributed by atoms with Crippen LogP contribution in [0.15, 0.2) is 70.0 Å². The molecule has 0 aromatic heterocycles. The van der Waals surface area contributed by atoms with Crippen molar-refractivity contribution in [3.05, 3.63) is 81.2 Å². The van der Waals surface area contributed by atoms with Gasteiger partial charge in [0.15, 0.2) is 0 Å². The van der Waals surface area contributed by atoms with Gasteiger partial charge in [-0.2, -0.15) is 0 Å². The van der Waals surface area contributed by atoms with Crippen LogP contribution in [0.25, 0.3) is 11.1 Å². The van der Waals surface area contributed by atoms with Gasteiger partial charge in [0.1, 0.15) is 0 Å². The predicted molar refractivity (Wildman–Crippen MR) is 129 cm³/mol. The molecule has 0 bridgehead atoms. The normalized spacial score (nSPS) is 14.5. The van der Waals surface area contributed by atoms with Crippen LogP contribution in [0.5, 0.6) is 0 Å². The summed E-state index contributed by atoms with van der Waals surface area (Å²) in [6.45, 7) is 4.67. The van der Waals surface area contributed by atoms with Gasteiger partial charge in [-0.3, -0.25) is 0 Å². The van der Waals surface area contributed by atoms with Crippen molar-refractivity contribution in [2.24, 2.45) is 0 Å². The molecule has 0 radical (unpaired) electrons. The van der Waals surface area contributed by atoms with E-state index in [2.05, 4.69) is 80.6 Å². The van der Waals surface area contributed by atoms with Crippen molar-refractivity contribution in [1.82, 2.24) is 0 Å². The molecular weight excluding hydrogens is 440 g/mol. The number of hydrogen-bond donors (Lipinski definition) is 0. The Bertz CT molecular complexity index is 902. The first-order valence-corrected chi connectivity index (χ1v) is 16.0. The summed E-state index contributed by atoms with van der Waals surface area (Å²) in [6, 6.07) is 18.6. The van der Waals surface area contributed by atoms with E-state index in [1.807, 2.05) is 6.49 Å². The first kappa shape index (κ1) is 21.9. The van der Waals surface area contributed by atoms with Crippen LogP contribution in [0.4, 0.5) is 0 Å². The number of rotatable bonds is 10. The van der Waals surface area contributed by atoms with Crippen LogP contribution in [-0.4, -0.2) is 3.21 Å². The Hall–Kier alpha value is -1.33. The van der Waals surface area contributed by atoms with Crippen molar-refractivity contribution < 1.29 is 21.3 Å². The monoisotopic (exact) mass is 474 g/mol. The minimum atomic E-state index is -2.06. The molecular formula is C29H36Zr. The maximum absolute atomic E-state index is 2.51. The number of benzene rings is 2. The molecule has 0 fully saturated rings. The minimum absolute atomic E-state index is 0.671. The fourth-order valence-corrected chi connectivity index (χ4v) is 14.8. The molecule has 0 nitrogen and oxygen atoms in total. The Morgan fingerprint density at radius 1 is 0.800 bits per heavy atom. The Balaban J connectivity index is 1.84. The average molecular weight is 476 g/mol. The van der Waals surface area contributed by atoms with Crippen molar-refractivity contribution in [3.63, 3.8) is 0 Å². The summed E-state index contributed by atoms with van der Waals surface area (Å²) in [5.41, 5.74) is 6.27. The second-order valence-corrected chi connectivity index (χ2v) is 15.6. The van der Waals surface area contributed by atoms with E-state index in [1.165, 1.54) is 68.9 Å². The van der Waals surface area contributed by atoms with Crippen molar-refractivity contribution in [3.8, 4) is 11.1 Å². The number of allylic oxidation sites excluding steroid dienone is 4. The fourth-order valence-electron chi connectivity index (χ4n) is 5.30. The molecule has 2 aliphatic carbocycles. The van der Waals surface area contributed by atoms with Gasteiger partial charge >= 0.3 is 192 Å². The fraction of sp³-hybridized carbons (Fsp3) is 0.414.